The number of carbonyl (C=O) groups excluding carboxylic acids is 1. The first-order valence-corrected chi connectivity index (χ1v) is 6.99. The summed E-state index contributed by atoms with van der Waals surface area (Å²) >= 11 is 1.60. The van der Waals surface area contributed by atoms with Crippen molar-refractivity contribution in [3.63, 3.8) is 0 Å². The van der Waals surface area contributed by atoms with Crippen molar-refractivity contribution in [2.45, 2.75) is 11.3 Å². The predicted octanol–water partition coefficient (Wildman–Crippen LogP) is 3.51. The smallest absolute Gasteiger partial charge is 0.225 e. The third kappa shape index (κ3) is 4.67. The van der Waals surface area contributed by atoms with Crippen molar-refractivity contribution in [2.24, 2.45) is 0 Å². The van der Waals surface area contributed by atoms with Crippen molar-refractivity contribution in [2.75, 3.05) is 11.1 Å². The van der Waals surface area contributed by atoms with Crippen LogP contribution < -0.4 is 5.32 Å². The Morgan fingerprint density at radius 1 is 1.05 bits per heavy atom. The van der Waals surface area contributed by atoms with Gasteiger partial charge in [-0.05, 0) is 36.4 Å². The maximum atomic E-state index is 11.7. The second kappa shape index (κ2) is 6.85. The summed E-state index contributed by atoms with van der Waals surface area (Å²) in [6, 6.07) is 16.4. The van der Waals surface area contributed by atoms with Crippen molar-refractivity contribution in [1.29, 1.82) is 0 Å². The lowest BCUT2D eigenvalue weighted by atomic mass is 10.3. The summed E-state index contributed by atoms with van der Waals surface area (Å²) in [7, 11) is 0. The molecule has 19 heavy (non-hydrogen) atoms. The number of phenols is 1. The Bertz CT molecular complexity index is 526. The largest absolute Gasteiger partial charge is 0.508 e. The van der Waals surface area contributed by atoms with Gasteiger partial charge in [-0.3, -0.25) is 4.79 Å². The van der Waals surface area contributed by atoms with Gasteiger partial charge in [-0.25, -0.2) is 0 Å². The van der Waals surface area contributed by atoms with Crippen LogP contribution in [0.1, 0.15) is 6.42 Å². The Balaban J connectivity index is 1.74. The Kier molecular flexibility index (Phi) is 4.86. The summed E-state index contributed by atoms with van der Waals surface area (Å²) in [4.78, 5) is 12.7. The minimum absolute atomic E-state index is 0.0116. The summed E-state index contributed by atoms with van der Waals surface area (Å²) in [5, 5.41) is 12.0. The van der Waals surface area contributed by atoms with Crippen molar-refractivity contribution >= 4 is 23.4 Å². The van der Waals surface area contributed by atoms with Crippen LogP contribution in [0.3, 0.4) is 0 Å². The number of aromatic hydroxyl groups is 1. The predicted molar refractivity (Wildman–Crippen MR) is 78.5 cm³/mol. The first kappa shape index (κ1) is 13.5. The van der Waals surface area contributed by atoms with Crippen molar-refractivity contribution in [1.82, 2.24) is 0 Å². The number of amides is 1. The molecule has 0 heterocycles. The van der Waals surface area contributed by atoms with Gasteiger partial charge in [-0.2, -0.15) is 0 Å². The highest BCUT2D eigenvalue weighted by atomic mass is 32.2. The molecular formula is C15H15NO2S. The maximum Gasteiger partial charge on any atom is 0.225 e. The molecule has 2 N–H and O–H groups in total. The van der Waals surface area contributed by atoms with Crippen LogP contribution in [0.5, 0.6) is 5.75 Å². The number of hydrogen-bond acceptors (Lipinski definition) is 3. The van der Waals surface area contributed by atoms with Crippen LogP contribution in [0.15, 0.2) is 59.5 Å². The second-order valence-electron chi connectivity index (χ2n) is 4.01. The van der Waals surface area contributed by atoms with E-state index in [9.17, 15) is 4.79 Å². The standard InChI is InChI=1S/C15H15NO2S/c17-13-6-8-14(9-7-13)19-11-10-15(18)16-12-4-2-1-3-5-12/h1-9,17H,10-11H2,(H,16,18). The molecular weight excluding hydrogens is 258 g/mol. The lowest BCUT2D eigenvalue weighted by Gasteiger charge is -2.05. The number of phenolic OH excluding ortho intramolecular Hbond substituents is 1. The van der Waals surface area contributed by atoms with E-state index in [0.717, 1.165) is 10.6 Å². The van der Waals surface area contributed by atoms with Gasteiger partial charge >= 0.3 is 0 Å². The number of rotatable bonds is 5. The first-order valence-electron chi connectivity index (χ1n) is 6.01. The molecule has 0 bridgehead atoms. The van der Waals surface area contributed by atoms with Gasteiger partial charge in [-0.1, -0.05) is 18.2 Å². The molecule has 0 aromatic heterocycles. The van der Waals surface area contributed by atoms with Crippen LogP contribution in [0.4, 0.5) is 5.69 Å². The van der Waals surface area contributed by atoms with Gasteiger partial charge in [0.25, 0.3) is 0 Å². The maximum absolute atomic E-state index is 11.7. The minimum atomic E-state index is 0.0116. The van der Waals surface area contributed by atoms with E-state index in [-0.39, 0.29) is 11.7 Å². The lowest BCUT2D eigenvalue weighted by Crippen LogP contribution is -2.11. The summed E-state index contributed by atoms with van der Waals surface area (Å²) < 4.78 is 0. The second-order valence-corrected chi connectivity index (χ2v) is 5.17. The van der Waals surface area contributed by atoms with Gasteiger partial charge in [0.05, 0.1) is 0 Å². The molecule has 0 atom stereocenters. The zero-order valence-corrected chi connectivity index (χ0v) is 11.2. The van der Waals surface area contributed by atoms with Gasteiger partial charge in [0.1, 0.15) is 5.75 Å². The van der Waals surface area contributed by atoms with E-state index in [1.165, 1.54) is 0 Å². The number of hydrogen-bond donors (Lipinski definition) is 2. The van der Waals surface area contributed by atoms with E-state index in [1.807, 2.05) is 42.5 Å². The van der Waals surface area contributed by atoms with Gasteiger partial charge in [0, 0.05) is 22.8 Å². The zero-order chi connectivity index (χ0) is 13.5. The van der Waals surface area contributed by atoms with Crippen molar-refractivity contribution < 1.29 is 9.90 Å². The first-order chi connectivity index (χ1) is 9.24. The van der Waals surface area contributed by atoms with E-state index in [2.05, 4.69) is 5.32 Å². The third-order valence-corrected chi connectivity index (χ3v) is 3.51. The van der Waals surface area contributed by atoms with Crippen LogP contribution >= 0.6 is 11.8 Å². The fourth-order valence-corrected chi connectivity index (χ4v) is 2.40. The minimum Gasteiger partial charge on any atom is -0.508 e. The summed E-state index contributed by atoms with van der Waals surface area (Å²) in [6.45, 7) is 0. The molecule has 2 aromatic rings. The van der Waals surface area contributed by atoms with Gasteiger partial charge < -0.3 is 10.4 Å². The number of nitrogens with one attached hydrogen (secondary N) is 1. The molecule has 0 saturated heterocycles. The van der Waals surface area contributed by atoms with Crippen LogP contribution in [0, 0.1) is 0 Å². The van der Waals surface area contributed by atoms with Crippen LogP contribution in [-0.2, 0) is 4.79 Å². The molecule has 0 aliphatic carbocycles. The molecule has 98 valence electrons. The molecule has 0 aliphatic rings. The summed E-state index contributed by atoms with van der Waals surface area (Å²) in [5.41, 5.74) is 0.821. The number of anilines is 1. The highest BCUT2D eigenvalue weighted by Crippen LogP contribution is 2.21. The molecule has 0 aliphatic heterocycles. The molecule has 0 fully saturated rings. The van der Waals surface area contributed by atoms with E-state index < -0.39 is 0 Å². The average molecular weight is 273 g/mol. The topological polar surface area (TPSA) is 49.3 Å². The fourth-order valence-electron chi connectivity index (χ4n) is 1.55. The molecule has 0 radical (unpaired) electrons. The fraction of sp³-hybridized carbons (Fsp3) is 0.133. The molecule has 2 rings (SSSR count). The van der Waals surface area contributed by atoms with Crippen molar-refractivity contribution in [3.8, 4) is 5.75 Å². The van der Waals surface area contributed by atoms with Crippen LogP contribution in [-0.4, -0.2) is 16.8 Å². The Labute approximate surface area is 116 Å². The molecule has 0 unspecified atom stereocenters. The molecule has 0 spiro atoms. The quantitative estimate of drug-likeness (QED) is 0.820. The molecule has 1 amide bonds. The number of carbonyl (C=O) groups is 1. The number of para-hydroxylation sites is 1. The normalized spacial score (nSPS) is 10.1. The Morgan fingerprint density at radius 2 is 1.74 bits per heavy atom. The zero-order valence-electron chi connectivity index (χ0n) is 10.4. The van der Waals surface area contributed by atoms with Crippen LogP contribution in [0.25, 0.3) is 0 Å². The molecule has 0 saturated carbocycles. The average Bonchev–Trinajstić information content (AvgIpc) is 2.42. The summed E-state index contributed by atoms with van der Waals surface area (Å²) in [5.74, 6) is 0.979. The summed E-state index contributed by atoms with van der Waals surface area (Å²) in [6.07, 6.45) is 0.459. The van der Waals surface area contributed by atoms with Gasteiger partial charge in [0.2, 0.25) is 5.91 Å². The number of benzene rings is 2. The highest BCUT2D eigenvalue weighted by Gasteiger charge is 2.02. The van der Waals surface area contributed by atoms with E-state index in [4.69, 9.17) is 5.11 Å². The Morgan fingerprint density at radius 3 is 2.42 bits per heavy atom. The molecule has 2 aromatic carbocycles. The monoisotopic (exact) mass is 273 g/mol. The SMILES string of the molecule is O=C(CCSc1ccc(O)cc1)Nc1ccccc1. The van der Waals surface area contributed by atoms with E-state index >= 15 is 0 Å². The molecule has 3 nitrogen and oxygen atoms in total. The van der Waals surface area contributed by atoms with Gasteiger partial charge in [-0.15, -0.1) is 11.8 Å². The third-order valence-electron chi connectivity index (χ3n) is 2.49. The van der Waals surface area contributed by atoms with Crippen molar-refractivity contribution in [3.05, 3.63) is 54.6 Å². The molecule has 4 heteroatoms. The number of thioether (sulfide) groups is 1. The van der Waals surface area contributed by atoms with E-state index in [0.29, 0.717) is 12.2 Å². The van der Waals surface area contributed by atoms with E-state index in [1.54, 1.807) is 23.9 Å². The Hall–Kier alpha value is -1.94. The highest BCUT2D eigenvalue weighted by molar-refractivity contribution is 7.99. The lowest BCUT2D eigenvalue weighted by molar-refractivity contribution is -0.115. The van der Waals surface area contributed by atoms with Gasteiger partial charge in [0.15, 0.2) is 0 Å². The van der Waals surface area contributed by atoms with Crippen LogP contribution in [0.2, 0.25) is 0 Å².